The van der Waals surface area contributed by atoms with Crippen LogP contribution >= 0.6 is 0 Å². The van der Waals surface area contributed by atoms with Gasteiger partial charge in [-0.05, 0) is 30.9 Å². The molecule has 1 atom stereocenters. The van der Waals surface area contributed by atoms with E-state index >= 15 is 0 Å². The third-order valence-electron chi connectivity index (χ3n) is 3.48. The Morgan fingerprint density at radius 2 is 1.76 bits per heavy atom. The van der Waals surface area contributed by atoms with Crippen LogP contribution in [0, 0.1) is 12.8 Å². The van der Waals surface area contributed by atoms with Crippen LogP contribution in [0.15, 0.2) is 60.7 Å². The van der Waals surface area contributed by atoms with E-state index in [4.69, 9.17) is 0 Å². The minimum atomic E-state index is -0.742. The molecule has 0 saturated carbocycles. The predicted octanol–water partition coefficient (Wildman–Crippen LogP) is 4.34. The molecule has 0 amide bonds. The van der Waals surface area contributed by atoms with Crippen LogP contribution < -0.4 is 0 Å². The van der Waals surface area contributed by atoms with Crippen LogP contribution in [0.5, 0.6) is 0 Å². The van der Waals surface area contributed by atoms with Crippen LogP contribution in [-0.2, 0) is 11.2 Å². The Bertz CT molecular complexity index is 597. The molecule has 0 aliphatic carbocycles. The lowest BCUT2D eigenvalue weighted by Crippen LogP contribution is -2.15. The molecule has 0 radical (unpaired) electrons. The number of carbonyl (C=O) groups is 1. The molecule has 0 aliphatic rings. The molecule has 1 unspecified atom stereocenters. The molecule has 0 spiro atoms. The molecule has 0 aliphatic heterocycles. The van der Waals surface area contributed by atoms with Crippen molar-refractivity contribution in [2.45, 2.75) is 19.8 Å². The summed E-state index contributed by atoms with van der Waals surface area (Å²) >= 11 is 0. The predicted molar refractivity (Wildman–Crippen MR) is 86.1 cm³/mol. The van der Waals surface area contributed by atoms with Gasteiger partial charge in [-0.25, -0.2) is 0 Å². The Hall–Kier alpha value is -2.35. The van der Waals surface area contributed by atoms with Gasteiger partial charge >= 0.3 is 5.97 Å². The van der Waals surface area contributed by atoms with Gasteiger partial charge in [-0.2, -0.15) is 0 Å². The second-order valence-electron chi connectivity index (χ2n) is 5.27. The Morgan fingerprint density at radius 1 is 1.10 bits per heavy atom. The van der Waals surface area contributed by atoms with Gasteiger partial charge in [0.25, 0.3) is 0 Å². The van der Waals surface area contributed by atoms with Crippen LogP contribution in [0.2, 0.25) is 0 Å². The zero-order valence-corrected chi connectivity index (χ0v) is 12.2. The van der Waals surface area contributed by atoms with Gasteiger partial charge in [0.05, 0.1) is 5.92 Å². The van der Waals surface area contributed by atoms with Crippen molar-refractivity contribution in [1.82, 2.24) is 0 Å². The highest BCUT2D eigenvalue weighted by molar-refractivity contribution is 5.71. The fourth-order valence-electron chi connectivity index (χ4n) is 2.21. The summed E-state index contributed by atoms with van der Waals surface area (Å²) in [7, 11) is 0. The van der Waals surface area contributed by atoms with Crippen molar-refractivity contribution >= 4 is 12.0 Å². The van der Waals surface area contributed by atoms with Crippen molar-refractivity contribution in [2.24, 2.45) is 5.92 Å². The molecule has 2 heteroatoms. The molecule has 2 nitrogen and oxygen atoms in total. The molecule has 108 valence electrons. The number of benzene rings is 2. The van der Waals surface area contributed by atoms with E-state index in [0.717, 1.165) is 11.1 Å². The van der Waals surface area contributed by atoms with E-state index in [-0.39, 0.29) is 5.92 Å². The van der Waals surface area contributed by atoms with Crippen molar-refractivity contribution in [3.63, 3.8) is 0 Å². The highest BCUT2D eigenvalue weighted by Crippen LogP contribution is 2.15. The van der Waals surface area contributed by atoms with Gasteiger partial charge in [0, 0.05) is 0 Å². The van der Waals surface area contributed by atoms with Crippen molar-refractivity contribution in [3.8, 4) is 0 Å². The standard InChI is InChI=1S/C19H20O2/c1-15-10-12-17(13-11-15)14-18(19(20)21)9-5-8-16-6-3-2-4-7-16/h2-8,10-13,18H,9,14H2,1H3,(H,20,21). The summed E-state index contributed by atoms with van der Waals surface area (Å²) in [6, 6.07) is 18.0. The molecule has 0 saturated heterocycles. The molecular weight excluding hydrogens is 260 g/mol. The first kappa shape index (κ1) is 15.0. The van der Waals surface area contributed by atoms with Gasteiger partial charge in [-0.15, -0.1) is 0 Å². The smallest absolute Gasteiger partial charge is 0.307 e. The summed E-state index contributed by atoms with van der Waals surface area (Å²) in [6.45, 7) is 2.03. The first-order valence-electron chi connectivity index (χ1n) is 7.15. The first-order chi connectivity index (χ1) is 10.1. The van der Waals surface area contributed by atoms with Crippen molar-refractivity contribution in [2.75, 3.05) is 0 Å². The average Bonchev–Trinajstić information content (AvgIpc) is 2.49. The maximum atomic E-state index is 11.4. The third kappa shape index (κ3) is 4.92. The van der Waals surface area contributed by atoms with Crippen LogP contribution in [0.3, 0.4) is 0 Å². The van der Waals surface area contributed by atoms with Crippen LogP contribution in [0.1, 0.15) is 23.1 Å². The van der Waals surface area contributed by atoms with E-state index in [9.17, 15) is 9.90 Å². The maximum absolute atomic E-state index is 11.4. The molecule has 2 aromatic rings. The summed E-state index contributed by atoms with van der Waals surface area (Å²) in [5.74, 6) is -1.12. The fraction of sp³-hybridized carbons (Fsp3) is 0.211. The maximum Gasteiger partial charge on any atom is 0.307 e. The van der Waals surface area contributed by atoms with Crippen LogP contribution in [0.25, 0.3) is 6.08 Å². The lowest BCUT2D eigenvalue weighted by molar-refractivity contribution is -0.141. The summed E-state index contributed by atoms with van der Waals surface area (Å²) in [4.78, 5) is 11.4. The van der Waals surface area contributed by atoms with Gasteiger partial charge in [0.1, 0.15) is 0 Å². The van der Waals surface area contributed by atoms with E-state index < -0.39 is 5.97 Å². The fourth-order valence-corrected chi connectivity index (χ4v) is 2.21. The first-order valence-corrected chi connectivity index (χ1v) is 7.15. The number of carboxylic acids is 1. The molecule has 21 heavy (non-hydrogen) atoms. The quantitative estimate of drug-likeness (QED) is 0.854. The van der Waals surface area contributed by atoms with Crippen molar-refractivity contribution in [1.29, 1.82) is 0 Å². The monoisotopic (exact) mass is 280 g/mol. The summed E-state index contributed by atoms with van der Waals surface area (Å²) in [6.07, 6.45) is 5.03. The Morgan fingerprint density at radius 3 is 2.38 bits per heavy atom. The Kier molecular flexibility index (Phi) is 5.33. The Labute approximate surface area is 125 Å². The molecule has 2 rings (SSSR count). The number of allylic oxidation sites excluding steroid dienone is 1. The molecule has 0 bridgehead atoms. The van der Waals surface area contributed by atoms with Gasteiger partial charge in [0.15, 0.2) is 0 Å². The zero-order valence-electron chi connectivity index (χ0n) is 12.2. The number of hydrogen-bond donors (Lipinski definition) is 1. The zero-order chi connectivity index (χ0) is 15.1. The van der Waals surface area contributed by atoms with E-state index in [1.54, 1.807) is 0 Å². The molecular formula is C19H20O2. The minimum Gasteiger partial charge on any atom is -0.481 e. The summed E-state index contributed by atoms with van der Waals surface area (Å²) in [5.41, 5.74) is 3.35. The molecule has 0 heterocycles. The van der Waals surface area contributed by atoms with E-state index in [1.165, 1.54) is 5.56 Å². The number of rotatable bonds is 6. The number of hydrogen-bond acceptors (Lipinski definition) is 1. The molecule has 1 N–H and O–H groups in total. The van der Waals surface area contributed by atoms with E-state index in [2.05, 4.69) is 0 Å². The third-order valence-corrected chi connectivity index (χ3v) is 3.48. The second-order valence-corrected chi connectivity index (χ2v) is 5.27. The van der Waals surface area contributed by atoms with Crippen molar-refractivity contribution in [3.05, 3.63) is 77.4 Å². The number of aryl methyl sites for hydroxylation is 1. The molecule has 2 aromatic carbocycles. The van der Waals surface area contributed by atoms with Crippen molar-refractivity contribution < 1.29 is 9.90 Å². The Balaban J connectivity index is 1.98. The van der Waals surface area contributed by atoms with Gasteiger partial charge in [-0.3, -0.25) is 4.79 Å². The highest BCUT2D eigenvalue weighted by Gasteiger charge is 2.16. The van der Waals surface area contributed by atoms with Gasteiger partial charge in [0.2, 0.25) is 0 Å². The average molecular weight is 280 g/mol. The van der Waals surface area contributed by atoms with Crippen LogP contribution in [0.4, 0.5) is 0 Å². The number of aliphatic carboxylic acids is 1. The van der Waals surface area contributed by atoms with Gasteiger partial charge < -0.3 is 5.11 Å². The normalized spacial score (nSPS) is 12.4. The molecule has 0 aromatic heterocycles. The largest absolute Gasteiger partial charge is 0.481 e. The SMILES string of the molecule is Cc1ccc(CC(CC=Cc2ccccc2)C(=O)O)cc1. The van der Waals surface area contributed by atoms with E-state index in [0.29, 0.717) is 12.8 Å². The number of carboxylic acid groups (broad SMARTS) is 1. The molecule has 0 fully saturated rings. The lowest BCUT2D eigenvalue weighted by atomic mass is 9.95. The van der Waals surface area contributed by atoms with Crippen LogP contribution in [-0.4, -0.2) is 11.1 Å². The highest BCUT2D eigenvalue weighted by atomic mass is 16.4. The second kappa shape index (κ2) is 7.44. The van der Waals surface area contributed by atoms with Gasteiger partial charge in [-0.1, -0.05) is 72.3 Å². The van der Waals surface area contributed by atoms with E-state index in [1.807, 2.05) is 73.7 Å². The minimum absolute atomic E-state index is 0.382. The lowest BCUT2D eigenvalue weighted by Gasteiger charge is -2.10. The summed E-state index contributed by atoms with van der Waals surface area (Å²) < 4.78 is 0. The summed E-state index contributed by atoms with van der Waals surface area (Å²) in [5, 5.41) is 9.35. The topological polar surface area (TPSA) is 37.3 Å².